The van der Waals surface area contributed by atoms with Gasteiger partial charge in [-0.05, 0) is 37.1 Å². The third-order valence-corrected chi connectivity index (χ3v) is 5.60. The van der Waals surface area contributed by atoms with Crippen LogP contribution in [-0.4, -0.2) is 18.0 Å². The number of allylic oxidation sites excluding steroid dienone is 1. The maximum absolute atomic E-state index is 12.1. The first-order valence-electron chi connectivity index (χ1n) is 7.40. The molecule has 0 saturated carbocycles. The van der Waals surface area contributed by atoms with Crippen molar-refractivity contribution in [1.82, 2.24) is 0 Å². The van der Waals surface area contributed by atoms with E-state index in [1.165, 1.54) is 17.6 Å². The third kappa shape index (κ3) is 2.35. The van der Waals surface area contributed by atoms with E-state index in [0.29, 0.717) is 10.4 Å². The Hall–Kier alpha value is -2.73. The van der Waals surface area contributed by atoms with Crippen molar-refractivity contribution in [2.75, 3.05) is 0 Å². The number of carbonyl (C=O) groups is 2. The highest BCUT2D eigenvalue weighted by atomic mass is 32.1. The molecule has 6 heteroatoms. The van der Waals surface area contributed by atoms with Crippen molar-refractivity contribution >= 4 is 29.4 Å². The summed E-state index contributed by atoms with van der Waals surface area (Å²) in [7, 11) is 0. The molecule has 1 aromatic carbocycles. The van der Waals surface area contributed by atoms with E-state index >= 15 is 0 Å². The number of nitrogens with zero attached hydrogens (tertiary/aromatic N) is 1. The molecule has 1 atom stereocenters. The predicted molar refractivity (Wildman–Crippen MR) is 96.3 cm³/mol. The summed E-state index contributed by atoms with van der Waals surface area (Å²) >= 11 is 1.33. The molecule has 2 heterocycles. The van der Waals surface area contributed by atoms with E-state index in [1.54, 1.807) is 12.2 Å². The first kappa shape index (κ1) is 16.1. The molecule has 1 unspecified atom stereocenters. The Kier molecular flexibility index (Phi) is 3.85. The maximum Gasteiger partial charge on any atom is 0.254 e. The summed E-state index contributed by atoms with van der Waals surface area (Å²) in [6.45, 7) is 3.83. The molecule has 3 rings (SSSR count). The summed E-state index contributed by atoms with van der Waals surface area (Å²) in [5, 5.41) is 0. The second-order valence-corrected chi connectivity index (χ2v) is 6.78. The third-order valence-electron chi connectivity index (χ3n) is 4.13. The summed E-state index contributed by atoms with van der Waals surface area (Å²) < 4.78 is 0. The lowest BCUT2D eigenvalue weighted by atomic mass is 9.92. The Balaban J connectivity index is 2.28. The molecule has 0 radical (unpaired) electrons. The van der Waals surface area contributed by atoms with Gasteiger partial charge in [-0.1, -0.05) is 29.8 Å². The van der Waals surface area contributed by atoms with E-state index in [4.69, 9.17) is 11.5 Å². The van der Waals surface area contributed by atoms with Gasteiger partial charge in [0.25, 0.3) is 5.91 Å². The number of nitrogens with two attached hydrogens (primary N) is 2. The zero-order valence-electron chi connectivity index (χ0n) is 13.4. The molecule has 0 bridgehead atoms. The second-order valence-electron chi connectivity index (χ2n) is 5.76. The van der Waals surface area contributed by atoms with Crippen LogP contribution in [0.2, 0.25) is 0 Å². The molecule has 2 aromatic rings. The van der Waals surface area contributed by atoms with E-state index < -0.39 is 17.4 Å². The van der Waals surface area contributed by atoms with Gasteiger partial charge >= 0.3 is 0 Å². The monoisotopic (exact) mass is 339 g/mol. The predicted octanol–water partition coefficient (Wildman–Crippen LogP) is 2.45. The highest BCUT2D eigenvalue weighted by Crippen LogP contribution is 2.44. The lowest BCUT2D eigenvalue weighted by Gasteiger charge is -2.20. The fraction of sp³-hybridized carbons (Fsp3) is 0.167. The molecule has 122 valence electrons. The molecule has 0 aliphatic carbocycles. The van der Waals surface area contributed by atoms with E-state index in [0.717, 1.165) is 21.6 Å². The van der Waals surface area contributed by atoms with Crippen molar-refractivity contribution in [1.29, 1.82) is 0 Å². The number of aryl methyl sites for hydroxylation is 1. The molecule has 0 spiro atoms. The number of primary amides is 2. The minimum atomic E-state index is -1.36. The van der Waals surface area contributed by atoms with Gasteiger partial charge in [0, 0.05) is 11.1 Å². The molecule has 24 heavy (non-hydrogen) atoms. The van der Waals surface area contributed by atoms with Crippen molar-refractivity contribution in [2.45, 2.75) is 19.4 Å². The van der Waals surface area contributed by atoms with Crippen LogP contribution in [0, 0.1) is 13.8 Å². The van der Waals surface area contributed by atoms with Gasteiger partial charge in [-0.3, -0.25) is 14.6 Å². The highest BCUT2D eigenvalue weighted by molar-refractivity contribution is 7.16. The smallest absolute Gasteiger partial charge is 0.254 e. The van der Waals surface area contributed by atoms with Crippen LogP contribution in [0.5, 0.6) is 0 Å². The average Bonchev–Trinajstić information content (AvgIpc) is 3.13. The van der Waals surface area contributed by atoms with Crippen molar-refractivity contribution in [3.63, 3.8) is 0 Å². The highest BCUT2D eigenvalue weighted by Gasteiger charge is 2.42. The number of benzene rings is 1. The zero-order chi connectivity index (χ0) is 17.5. The van der Waals surface area contributed by atoms with Crippen LogP contribution in [0.4, 0.5) is 0 Å². The van der Waals surface area contributed by atoms with Crippen LogP contribution in [0.15, 0.2) is 41.4 Å². The number of hydrogen-bond acceptors (Lipinski definition) is 4. The Morgan fingerprint density at radius 1 is 1.12 bits per heavy atom. The van der Waals surface area contributed by atoms with Crippen molar-refractivity contribution in [3.05, 3.63) is 58.0 Å². The molecular weight excluding hydrogens is 322 g/mol. The van der Waals surface area contributed by atoms with Crippen LogP contribution in [-0.2, 0) is 10.3 Å². The van der Waals surface area contributed by atoms with Crippen LogP contribution in [0.25, 0.3) is 10.4 Å². The van der Waals surface area contributed by atoms with E-state index in [2.05, 4.69) is 4.99 Å². The van der Waals surface area contributed by atoms with Gasteiger partial charge < -0.3 is 11.5 Å². The fourth-order valence-electron chi connectivity index (χ4n) is 2.84. The fourth-order valence-corrected chi connectivity index (χ4v) is 4.28. The van der Waals surface area contributed by atoms with Crippen LogP contribution < -0.4 is 11.5 Å². The number of thiophene rings is 1. The lowest BCUT2D eigenvalue weighted by molar-refractivity contribution is -0.121. The number of amides is 2. The molecule has 4 N–H and O–H groups in total. The van der Waals surface area contributed by atoms with E-state index in [9.17, 15) is 9.59 Å². The van der Waals surface area contributed by atoms with Gasteiger partial charge in [-0.25, -0.2) is 0 Å². The van der Waals surface area contributed by atoms with Crippen LogP contribution >= 0.6 is 11.3 Å². The summed E-state index contributed by atoms with van der Waals surface area (Å²) in [5.41, 5.74) is 13.0. The zero-order valence-corrected chi connectivity index (χ0v) is 14.2. The second kappa shape index (κ2) is 5.72. The molecule has 1 aromatic heterocycles. The molecule has 0 saturated heterocycles. The van der Waals surface area contributed by atoms with E-state index in [1.807, 2.05) is 38.1 Å². The van der Waals surface area contributed by atoms with Crippen LogP contribution in [0.3, 0.4) is 0 Å². The van der Waals surface area contributed by atoms with E-state index in [-0.39, 0.29) is 0 Å². The minimum absolute atomic E-state index is 0.318. The maximum atomic E-state index is 12.1. The normalized spacial score (nSPS) is 18.9. The molecular formula is C18H17N3O2S. The first-order valence-corrected chi connectivity index (χ1v) is 8.22. The number of rotatable bonds is 4. The Labute approximate surface area is 143 Å². The standard InChI is InChI=1S/C18H17N3O2S/c1-10-4-6-12(7-5-10)14-11(2)13(16(19)22)15(24-14)18(17(20)23)8-3-9-21-18/h3-9H,1-2H3,(H2,19,22)(H2,20,23). The lowest BCUT2D eigenvalue weighted by Crippen LogP contribution is -2.37. The summed E-state index contributed by atoms with van der Waals surface area (Å²) in [6, 6.07) is 7.95. The minimum Gasteiger partial charge on any atom is -0.367 e. The largest absolute Gasteiger partial charge is 0.367 e. The summed E-state index contributed by atoms with van der Waals surface area (Å²) in [4.78, 5) is 29.8. The SMILES string of the molecule is Cc1ccc(-c2sc(C3(C(N)=O)C=CC=N3)c(C(N)=O)c2C)cc1. The van der Waals surface area contributed by atoms with Gasteiger partial charge in [0.2, 0.25) is 5.91 Å². The van der Waals surface area contributed by atoms with Gasteiger partial charge in [-0.2, -0.15) is 0 Å². The quantitative estimate of drug-likeness (QED) is 0.894. The summed E-state index contributed by atoms with van der Waals surface area (Å²) in [6.07, 6.45) is 4.76. The molecule has 1 aliphatic heterocycles. The average molecular weight is 339 g/mol. The topological polar surface area (TPSA) is 98.5 Å². The Morgan fingerprint density at radius 3 is 2.29 bits per heavy atom. The Bertz CT molecular complexity index is 880. The molecule has 1 aliphatic rings. The van der Waals surface area contributed by atoms with Crippen molar-refractivity contribution in [2.24, 2.45) is 16.5 Å². The number of carbonyl (C=O) groups excluding carboxylic acids is 2. The van der Waals surface area contributed by atoms with Crippen LogP contribution in [0.1, 0.15) is 26.4 Å². The Morgan fingerprint density at radius 2 is 1.79 bits per heavy atom. The van der Waals surface area contributed by atoms with Gasteiger partial charge in [0.15, 0.2) is 5.54 Å². The number of aliphatic imine (C=N–C) groups is 1. The van der Waals surface area contributed by atoms with Gasteiger partial charge in [0.05, 0.1) is 10.4 Å². The van der Waals surface area contributed by atoms with Gasteiger partial charge in [-0.15, -0.1) is 11.3 Å². The molecule has 0 fully saturated rings. The van der Waals surface area contributed by atoms with Gasteiger partial charge in [0.1, 0.15) is 0 Å². The first-order chi connectivity index (χ1) is 11.4. The summed E-state index contributed by atoms with van der Waals surface area (Å²) in [5.74, 6) is -1.22. The molecule has 5 nitrogen and oxygen atoms in total. The molecule has 2 amide bonds. The number of hydrogen-bond donors (Lipinski definition) is 2. The van der Waals surface area contributed by atoms with Crippen molar-refractivity contribution < 1.29 is 9.59 Å². The van der Waals surface area contributed by atoms with Crippen molar-refractivity contribution in [3.8, 4) is 10.4 Å².